The molecule has 0 amide bonds. The largest absolute Gasteiger partial charge is 0.329 e. The molecule has 19 heavy (non-hydrogen) atoms. The maximum atomic E-state index is 14.1. The first-order valence-corrected chi connectivity index (χ1v) is 7.33. The first-order chi connectivity index (χ1) is 9.04. The van der Waals surface area contributed by atoms with Crippen LogP contribution in [0, 0.1) is 11.7 Å². The van der Waals surface area contributed by atoms with E-state index in [4.69, 9.17) is 17.3 Å². The smallest absolute Gasteiger partial charge is 0.129 e. The van der Waals surface area contributed by atoms with Gasteiger partial charge in [-0.1, -0.05) is 24.6 Å². The molecule has 0 saturated carbocycles. The van der Waals surface area contributed by atoms with Crippen molar-refractivity contribution in [2.45, 2.75) is 38.8 Å². The number of hydrogen-bond acceptors (Lipinski definition) is 2. The Balaban J connectivity index is 2.28. The van der Waals surface area contributed by atoms with Gasteiger partial charge in [-0.15, -0.1) is 0 Å². The summed E-state index contributed by atoms with van der Waals surface area (Å²) in [4.78, 5) is 2.33. The Kier molecular flexibility index (Phi) is 4.82. The lowest BCUT2D eigenvalue weighted by molar-refractivity contribution is 0.0694. The monoisotopic (exact) mass is 284 g/mol. The van der Waals surface area contributed by atoms with Gasteiger partial charge in [0.25, 0.3) is 0 Å². The van der Waals surface area contributed by atoms with Gasteiger partial charge in [0.15, 0.2) is 0 Å². The molecule has 1 saturated heterocycles. The van der Waals surface area contributed by atoms with E-state index in [1.165, 1.54) is 12.5 Å². The van der Waals surface area contributed by atoms with Gasteiger partial charge in [0.05, 0.1) is 6.04 Å². The minimum Gasteiger partial charge on any atom is -0.329 e. The summed E-state index contributed by atoms with van der Waals surface area (Å²) in [6, 6.07) is 5.24. The van der Waals surface area contributed by atoms with Crippen LogP contribution in [-0.4, -0.2) is 24.0 Å². The Labute approximate surface area is 119 Å². The Hall–Kier alpha value is -0.640. The highest BCUT2D eigenvalue weighted by atomic mass is 35.5. The van der Waals surface area contributed by atoms with E-state index in [2.05, 4.69) is 18.7 Å². The summed E-state index contributed by atoms with van der Waals surface area (Å²) < 4.78 is 14.1. The first-order valence-electron chi connectivity index (χ1n) is 6.95. The van der Waals surface area contributed by atoms with Crippen LogP contribution in [-0.2, 0) is 0 Å². The topological polar surface area (TPSA) is 29.3 Å². The van der Waals surface area contributed by atoms with Gasteiger partial charge in [0, 0.05) is 23.2 Å². The van der Waals surface area contributed by atoms with Crippen LogP contribution in [0.4, 0.5) is 4.39 Å². The van der Waals surface area contributed by atoms with Crippen molar-refractivity contribution in [3.05, 3.63) is 34.6 Å². The maximum absolute atomic E-state index is 14.1. The minimum atomic E-state index is -0.256. The molecule has 1 aliphatic rings. The summed E-state index contributed by atoms with van der Waals surface area (Å²) in [5, 5.41) is 0.428. The summed E-state index contributed by atoms with van der Waals surface area (Å²) in [5.41, 5.74) is 6.57. The number of piperidine rings is 1. The van der Waals surface area contributed by atoms with E-state index in [1.807, 2.05) is 0 Å². The van der Waals surface area contributed by atoms with Crippen LogP contribution >= 0.6 is 11.6 Å². The zero-order valence-corrected chi connectivity index (χ0v) is 12.3. The van der Waals surface area contributed by atoms with Crippen LogP contribution in [0.25, 0.3) is 0 Å². The fraction of sp³-hybridized carbons (Fsp3) is 0.600. The molecule has 1 aromatic carbocycles. The molecule has 1 fully saturated rings. The van der Waals surface area contributed by atoms with Crippen molar-refractivity contribution in [3.63, 3.8) is 0 Å². The highest BCUT2D eigenvalue weighted by Crippen LogP contribution is 2.32. The Morgan fingerprint density at radius 3 is 2.84 bits per heavy atom. The van der Waals surface area contributed by atoms with Crippen LogP contribution in [0.3, 0.4) is 0 Å². The number of likely N-dealkylation sites (tertiary alicyclic amines) is 1. The van der Waals surface area contributed by atoms with Gasteiger partial charge < -0.3 is 5.73 Å². The zero-order valence-electron chi connectivity index (χ0n) is 11.6. The van der Waals surface area contributed by atoms with E-state index < -0.39 is 0 Å². The predicted molar refractivity (Wildman–Crippen MR) is 77.8 cm³/mol. The number of rotatable bonds is 3. The average Bonchev–Trinajstić information content (AvgIpc) is 2.37. The molecular formula is C15H22ClFN2. The molecule has 1 aromatic rings. The molecule has 2 N–H and O–H groups in total. The second kappa shape index (κ2) is 6.21. The van der Waals surface area contributed by atoms with Gasteiger partial charge in [0.1, 0.15) is 5.82 Å². The minimum absolute atomic E-state index is 0.0602. The lowest BCUT2D eigenvalue weighted by atomic mass is 9.89. The van der Waals surface area contributed by atoms with Crippen molar-refractivity contribution in [1.29, 1.82) is 0 Å². The lowest BCUT2D eigenvalue weighted by Crippen LogP contribution is -2.46. The molecule has 0 bridgehead atoms. The molecule has 2 nitrogen and oxygen atoms in total. The van der Waals surface area contributed by atoms with Gasteiger partial charge in [-0.25, -0.2) is 4.39 Å². The third-order valence-corrected chi connectivity index (χ3v) is 4.60. The van der Waals surface area contributed by atoms with Gasteiger partial charge >= 0.3 is 0 Å². The maximum Gasteiger partial charge on any atom is 0.129 e. The predicted octanol–water partition coefficient (Wildman–Crippen LogP) is 3.60. The van der Waals surface area contributed by atoms with Crippen molar-refractivity contribution in [2.75, 3.05) is 13.1 Å². The van der Waals surface area contributed by atoms with E-state index in [0.29, 0.717) is 29.1 Å². The fourth-order valence-electron chi connectivity index (χ4n) is 3.02. The van der Waals surface area contributed by atoms with Crippen LogP contribution in [0.1, 0.15) is 38.3 Å². The van der Waals surface area contributed by atoms with Crippen LogP contribution in [0.15, 0.2) is 18.2 Å². The third kappa shape index (κ3) is 3.10. The van der Waals surface area contributed by atoms with Gasteiger partial charge in [-0.05, 0) is 44.4 Å². The summed E-state index contributed by atoms with van der Waals surface area (Å²) in [7, 11) is 0. The Morgan fingerprint density at radius 1 is 1.47 bits per heavy atom. The molecule has 1 heterocycles. The molecule has 2 rings (SSSR count). The molecule has 0 aromatic heterocycles. The first kappa shape index (κ1) is 14.8. The molecule has 4 heteroatoms. The highest BCUT2D eigenvalue weighted by Gasteiger charge is 2.31. The van der Waals surface area contributed by atoms with E-state index >= 15 is 0 Å². The molecular weight excluding hydrogens is 263 g/mol. The van der Waals surface area contributed by atoms with Crippen molar-refractivity contribution in [2.24, 2.45) is 11.7 Å². The standard InChI is InChI=1S/C15H22ClFN2/c1-10-4-3-7-19(11(10)2)15(9-18)13-6-5-12(16)8-14(13)17/h5-6,8,10-11,15H,3-4,7,9,18H2,1-2H3. The van der Waals surface area contributed by atoms with Gasteiger partial charge in [-0.3, -0.25) is 4.90 Å². The molecule has 1 aliphatic heterocycles. The van der Waals surface area contributed by atoms with E-state index in [-0.39, 0.29) is 11.9 Å². The van der Waals surface area contributed by atoms with Crippen molar-refractivity contribution < 1.29 is 4.39 Å². The summed E-state index contributed by atoms with van der Waals surface area (Å²) >= 11 is 5.82. The normalized spacial score (nSPS) is 26.4. The van der Waals surface area contributed by atoms with Crippen LogP contribution < -0.4 is 5.73 Å². The average molecular weight is 285 g/mol. The molecule has 0 radical (unpaired) electrons. The second-order valence-corrected chi connectivity index (χ2v) is 5.95. The number of benzene rings is 1. The second-order valence-electron chi connectivity index (χ2n) is 5.52. The van der Waals surface area contributed by atoms with E-state index in [1.54, 1.807) is 12.1 Å². The summed E-state index contributed by atoms with van der Waals surface area (Å²) in [6.45, 7) is 5.87. The molecule has 0 spiro atoms. The Bertz CT molecular complexity index is 438. The SMILES string of the molecule is CC1CCCN(C(CN)c2ccc(Cl)cc2F)C1C. The summed E-state index contributed by atoms with van der Waals surface area (Å²) in [6.07, 6.45) is 2.38. The number of hydrogen-bond donors (Lipinski definition) is 1. The molecule has 0 aliphatic carbocycles. The molecule has 3 atom stereocenters. The fourth-order valence-corrected chi connectivity index (χ4v) is 3.18. The quantitative estimate of drug-likeness (QED) is 0.919. The van der Waals surface area contributed by atoms with Crippen molar-refractivity contribution in [1.82, 2.24) is 4.90 Å². The lowest BCUT2D eigenvalue weighted by Gasteiger charge is -2.42. The van der Waals surface area contributed by atoms with E-state index in [9.17, 15) is 4.39 Å². The number of halogens is 2. The van der Waals surface area contributed by atoms with Gasteiger partial charge in [0.2, 0.25) is 0 Å². The van der Waals surface area contributed by atoms with Crippen LogP contribution in [0.5, 0.6) is 0 Å². The van der Waals surface area contributed by atoms with Crippen LogP contribution in [0.2, 0.25) is 5.02 Å². The third-order valence-electron chi connectivity index (χ3n) is 4.37. The highest BCUT2D eigenvalue weighted by molar-refractivity contribution is 6.30. The number of nitrogens with zero attached hydrogens (tertiary/aromatic N) is 1. The van der Waals surface area contributed by atoms with Crippen molar-refractivity contribution >= 4 is 11.6 Å². The van der Waals surface area contributed by atoms with Crippen molar-refractivity contribution in [3.8, 4) is 0 Å². The molecule has 106 valence electrons. The van der Waals surface area contributed by atoms with Gasteiger partial charge in [-0.2, -0.15) is 0 Å². The zero-order chi connectivity index (χ0) is 14.0. The summed E-state index contributed by atoms with van der Waals surface area (Å²) in [5.74, 6) is 0.367. The van der Waals surface area contributed by atoms with E-state index in [0.717, 1.165) is 13.0 Å². The molecule has 3 unspecified atom stereocenters. The number of nitrogens with two attached hydrogens (primary N) is 1. The Morgan fingerprint density at radius 2 is 2.21 bits per heavy atom.